The first-order valence-corrected chi connectivity index (χ1v) is 10.1. The van der Waals surface area contributed by atoms with Gasteiger partial charge in [-0.3, -0.25) is 14.3 Å². The molecular weight excluding hydrogens is 405 g/mol. The first kappa shape index (κ1) is 22.4. The fourth-order valence-corrected chi connectivity index (χ4v) is 2.87. The Hall–Kier alpha value is -3.27. The van der Waals surface area contributed by atoms with E-state index in [-0.39, 0.29) is 13.3 Å². The third-order valence-corrected chi connectivity index (χ3v) is 4.49. The minimum Gasteiger partial charge on any atom is -0.493 e. The number of aryl methyl sites for hydroxylation is 2. The third kappa shape index (κ3) is 6.61. The second-order valence-corrected chi connectivity index (χ2v) is 7.54. The second kappa shape index (κ2) is 10.7. The monoisotopic (exact) mass is 431 g/mol. The van der Waals surface area contributed by atoms with Crippen molar-refractivity contribution < 1.29 is 13.9 Å². The molecule has 0 saturated heterocycles. The van der Waals surface area contributed by atoms with Crippen molar-refractivity contribution in [3.63, 3.8) is 0 Å². The number of nitrogens with zero attached hydrogens (tertiary/aromatic N) is 4. The topological polar surface area (TPSA) is 104 Å². The first-order chi connectivity index (χ1) is 14.9. The number of halogens is 1. The Balaban J connectivity index is 1.49. The zero-order valence-corrected chi connectivity index (χ0v) is 17.6. The highest BCUT2D eigenvalue weighted by Crippen LogP contribution is 2.15. The Bertz CT molecular complexity index is 1110. The van der Waals surface area contributed by atoms with Crippen LogP contribution in [-0.2, 0) is 30.9 Å². The number of aromatic amines is 1. The standard InChI is InChI=1S/C21H26FN5O4/c1-15(2)13-31-18-5-3-4-16(10-18)6-8-27-17(11-23-25-27)7-9-30-14-26-12-19(22)20(28)24-21(26)29/h3-5,10-12,15H,6-9,13-14H2,1-2H3,(H,24,28,29). The number of H-pyrrole nitrogens is 1. The minimum absolute atomic E-state index is 0.169. The zero-order valence-electron chi connectivity index (χ0n) is 17.6. The summed E-state index contributed by atoms with van der Waals surface area (Å²) in [5, 5.41) is 8.08. The molecule has 1 aromatic carbocycles. The number of hydrogen-bond acceptors (Lipinski definition) is 6. The van der Waals surface area contributed by atoms with Crippen LogP contribution in [0.5, 0.6) is 5.75 Å². The molecule has 10 heteroatoms. The van der Waals surface area contributed by atoms with Crippen molar-refractivity contribution in [1.82, 2.24) is 24.5 Å². The zero-order chi connectivity index (χ0) is 22.2. The SMILES string of the molecule is CC(C)COc1cccc(CCn2nncc2CCOCn2cc(F)c(=O)[nH]c2=O)c1. The van der Waals surface area contributed by atoms with E-state index in [1.54, 1.807) is 10.9 Å². The highest BCUT2D eigenvalue weighted by molar-refractivity contribution is 5.28. The highest BCUT2D eigenvalue weighted by Gasteiger charge is 2.07. The van der Waals surface area contributed by atoms with Crippen LogP contribution in [0.4, 0.5) is 4.39 Å². The number of ether oxygens (including phenoxy) is 2. The van der Waals surface area contributed by atoms with Crippen LogP contribution in [0, 0.1) is 11.7 Å². The Morgan fingerprint density at radius 3 is 2.87 bits per heavy atom. The maximum Gasteiger partial charge on any atom is 0.330 e. The number of benzene rings is 1. The van der Waals surface area contributed by atoms with Crippen LogP contribution >= 0.6 is 0 Å². The Morgan fingerprint density at radius 2 is 2.06 bits per heavy atom. The lowest BCUT2D eigenvalue weighted by atomic mass is 10.1. The highest BCUT2D eigenvalue weighted by atomic mass is 19.1. The number of nitrogens with one attached hydrogen (secondary N) is 1. The van der Waals surface area contributed by atoms with Crippen LogP contribution < -0.4 is 16.0 Å². The summed E-state index contributed by atoms with van der Waals surface area (Å²) < 4.78 is 27.3. The fourth-order valence-electron chi connectivity index (χ4n) is 2.87. The van der Waals surface area contributed by atoms with E-state index in [2.05, 4.69) is 24.2 Å². The van der Waals surface area contributed by atoms with Crippen LogP contribution in [0.15, 0.2) is 46.2 Å². The first-order valence-electron chi connectivity index (χ1n) is 10.1. The van der Waals surface area contributed by atoms with E-state index >= 15 is 0 Å². The van der Waals surface area contributed by atoms with Gasteiger partial charge in [0, 0.05) is 13.0 Å². The van der Waals surface area contributed by atoms with E-state index in [1.807, 2.05) is 29.2 Å². The van der Waals surface area contributed by atoms with Crippen LogP contribution in [0.1, 0.15) is 25.1 Å². The molecule has 0 aliphatic carbocycles. The van der Waals surface area contributed by atoms with Gasteiger partial charge in [0.15, 0.2) is 0 Å². The molecule has 166 valence electrons. The van der Waals surface area contributed by atoms with Crippen molar-refractivity contribution in [2.75, 3.05) is 13.2 Å². The Morgan fingerprint density at radius 1 is 1.23 bits per heavy atom. The van der Waals surface area contributed by atoms with Gasteiger partial charge in [-0.2, -0.15) is 4.39 Å². The molecule has 0 amide bonds. The summed E-state index contributed by atoms with van der Waals surface area (Å²) in [5.74, 6) is 0.280. The lowest BCUT2D eigenvalue weighted by molar-refractivity contribution is 0.0742. The summed E-state index contributed by atoms with van der Waals surface area (Å²) in [6.45, 7) is 5.65. The van der Waals surface area contributed by atoms with E-state index in [1.165, 1.54) is 0 Å². The molecule has 3 aromatic rings. The predicted molar refractivity (Wildman–Crippen MR) is 111 cm³/mol. The van der Waals surface area contributed by atoms with Gasteiger partial charge in [0.05, 0.1) is 31.3 Å². The average Bonchev–Trinajstić information content (AvgIpc) is 3.19. The molecule has 3 rings (SSSR count). The smallest absolute Gasteiger partial charge is 0.330 e. The van der Waals surface area contributed by atoms with Crippen molar-refractivity contribution in [2.24, 2.45) is 5.92 Å². The molecule has 0 radical (unpaired) electrons. The van der Waals surface area contributed by atoms with Gasteiger partial charge < -0.3 is 9.47 Å². The molecule has 0 atom stereocenters. The van der Waals surface area contributed by atoms with Gasteiger partial charge >= 0.3 is 5.69 Å². The van der Waals surface area contributed by atoms with Crippen LogP contribution in [0.3, 0.4) is 0 Å². The van der Waals surface area contributed by atoms with Crippen LogP contribution in [0.25, 0.3) is 0 Å². The van der Waals surface area contributed by atoms with Crippen molar-refractivity contribution in [3.8, 4) is 5.75 Å². The molecule has 2 aromatic heterocycles. The molecule has 2 heterocycles. The molecule has 9 nitrogen and oxygen atoms in total. The van der Waals surface area contributed by atoms with Gasteiger partial charge in [-0.05, 0) is 30.0 Å². The molecule has 0 bridgehead atoms. The largest absolute Gasteiger partial charge is 0.493 e. The maximum absolute atomic E-state index is 13.3. The molecule has 0 aliphatic heterocycles. The van der Waals surface area contributed by atoms with E-state index in [4.69, 9.17) is 9.47 Å². The molecule has 0 spiro atoms. The van der Waals surface area contributed by atoms with Gasteiger partial charge in [-0.25, -0.2) is 9.48 Å². The van der Waals surface area contributed by atoms with E-state index < -0.39 is 17.1 Å². The van der Waals surface area contributed by atoms with Gasteiger partial charge in [0.1, 0.15) is 12.5 Å². The number of hydrogen-bond donors (Lipinski definition) is 1. The summed E-state index contributed by atoms with van der Waals surface area (Å²) in [6.07, 6.45) is 3.77. The van der Waals surface area contributed by atoms with Gasteiger partial charge in [0.2, 0.25) is 5.82 Å². The fraction of sp³-hybridized carbons (Fsp3) is 0.429. The van der Waals surface area contributed by atoms with Gasteiger partial charge in [-0.15, -0.1) is 5.10 Å². The summed E-state index contributed by atoms with van der Waals surface area (Å²) >= 11 is 0. The Kier molecular flexibility index (Phi) is 7.71. The quantitative estimate of drug-likeness (QED) is 0.464. The summed E-state index contributed by atoms with van der Waals surface area (Å²) in [7, 11) is 0. The Labute approximate surface area is 178 Å². The second-order valence-electron chi connectivity index (χ2n) is 7.54. The van der Waals surface area contributed by atoms with Crippen molar-refractivity contribution in [1.29, 1.82) is 0 Å². The summed E-state index contributed by atoms with van der Waals surface area (Å²) in [5.41, 5.74) is 0.247. The normalized spacial score (nSPS) is 11.2. The predicted octanol–water partition coefficient (Wildman–Crippen LogP) is 1.76. The summed E-state index contributed by atoms with van der Waals surface area (Å²) in [4.78, 5) is 24.5. The molecule has 0 unspecified atom stereocenters. The van der Waals surface area contributed by atoms with Gasteiger partial charge in [0.25, 0.3) is 5.56 Å². The van der Waals surface area contributed by atoms with Crippen molar-refractivity contribution in [3.05, 3.63) is 74.6 Å². The lowest BCUT2D eigenvalue weighted by Gasteiger charge is -2.11. The van der Waals surface area contributed by atoms with E-state index in [0.717, 1.165) is 34.2 Å². The van der Waals surface area contributed by atoms with E-state index in [9.17, 15) is 14.0 Å². The van der Waals surface area contributed by atoms with Crippen molar-refractivity contribution in [2.45, 2.75) is 40.0 Å². The molecule has 0 aliphatic rings. The molecular formula is C21H26FN5O4. The van der Waals surface area contributed by atoms with E-state index in [0.29, 0.717) is 25.5 Å². The molecule has 1 N–H and O–H groups in total. The maximum atomic E-state index is 13.3. The van der Waals surface area contributed by atoms with Crippen LogP contribution in [0.2, 0.25) is 0 Å². The summed E-state index contributed by atoms with van der Waals surface area (Å²) in [6, 6.07) is 8.00. The molecule has 0 fully saturated rings. The third-order valence-electron chi connectivity index (χ3n) is 4.49. The van der Waals surface area contributed by atoms with Gasteiger partial charge in [-0.1, -0.05) is 31.2 Å². The number of rotatable bonds is 11. The number of aromatic nitrogens is 5. The van der Waals surface area contributed by atoms with Crippen LogP contribution in [-0.4, -0.2) is 37.8 Å². The lowest BCUT2D eigenvalue weighted by Crippen LogP contribution is -2.32. The average molecular weight is 431 g/mol. The van der Waals surface area contributed by atoms with Crippen molar-refractivity contribution >= 4 is 0 Å². The minimum atomic E-state index is -1.05. The molecule has 0 saturated carbocycles. The molecule has 31 heavy (non-hydrogen) atoms.